The number of thioether (sulfide) groups is 1. The molecular formula is C27H40N4O7S2. The summed E-state index contributed by atoms with van der Waals surface area (Å²) >= 11 is 3.30. The Morgan fingerprint density at radius 1 is 1.02 bits per heavy atom. The Hall–Kier alpha value is -2.87. The molecule has 2 rings (SSSR count). The molecule has 2 aromatic rings. The van der Waals surface area contributed by atoms with Crippen LogP contribution in [0.15, 0.2) is 34.9 Å². The molecule has 8 N–H and O–H groups in total. The van der Waals surface area contributed by atoms with Gasteiger partial charge in [0.05, 0.1) is 11.1 Å². The largest absolute Gasteiger partial charge is 0.480 e. The fraction of sp³-hybridized carbons (Fsp3) is 0.556. The predicted octanol–water partition coefficient (Wildman–Crippen LogP) is 2.83. The Kier molecular flexibility index (Phi) is 13.7. The van der Waals surface area contributed by atoms with Crippen molar-refractivity contribution >= 4 is 46.9 Å². The van der Waals surface area contributed by atoms with E-state index in [2.05, 4.69) is 30.5 Å². The second kappa shape index (κ2) is 16.4. The summed E-state index contributed by atoms with van der Waals surface area (Å²) in [6.07, 6.45) is 3.79. The van der Waals surface area contributed by atoms with Gasteiger partial charge in [0.25, 0.3) is 0 Å². The average molecular weight is 597 g/mol. The fourth-order valence-electron chi connectivity index (χ4n) is 3.92. The molecular weight excluding hydrogens is 556 g/mol. The number of hydrogen-bond donors (Lipinski definition) is 6. The molecule has 0 fully saturated rings. The number of furan rings is 1. The molecule has 2 aromatic heterocycles. The molecule has 40 heavy (non-hydrogen) atoms. The van der Waals surface area contributed by atoms with E-state index in [1.165, 1.54) is 4.88 Å². The lowest BCUT2D eigenvalue weighted by atomic mass is 10.1. The fourth-order valence-corrected chi connectivity index (χ4v) is 6.38. The number of nitrogens with one attached hydrogen (secondary N) is 2. The van der Waals surface area contributed by atoms with Crippen molar-refractivity contribution < 1.29 is 33.8 Å². The molecule has 0 aliphatic heterocycles. The van der Waals surface area contributed by atoms with Gasteiger partial charge in [0, 0.05) is 16.0 Å². The highest BCUT2D eigenvalue weighted by Crippen LogP contribution is 2.35. The molecule has 222 valence electrons. The van der Waals surface area contributed by atoms with Crippen LogP contribution in [-0.4, -0.2) is 69.1 Å². The molecule has 2 amide bonds. The summed E-state index contributed by atoms with van der Waals surface area (Å²) in [6.45, 7) is 4.62. The van der Waals surface area contributed by atoms with Crippen LogP contribution in [-0.2, 0) is 25.6 Å². The van der Waals surface area contributed by atoms with Gasteiger partial charge >= 0.3 is 11.9 Å². The molecule has 0 radical (unpaired) electrons. The Balaban J connectivity index is 2.01. The highest BCUT2D eigenvalue weighted by atomic mass is 32.2. The van der Waals surface area contributed by atoms with Gasteiger partial charge in [-0.3, -0.25) is 14.4 Å². The van der Waals surface area contributed by atoms with Gasteiger partial charge in [0.15, 0.2) is 0 Å². The van der Waals surface area contributed by atoms with E-state index in [0.29, 0.717) is 25.1 Å². The number of thiophene rings is 1. The summed E-state index contributed by atoms with van der Waals surface area (Å²) in [5.41, 5.74) is 11.0. The molecule has 0 aliphatic carbocycles. The first-order valence-electron chi connectivity index (χ1n) is 13.2. The van der Waals surface area contributed by atoms with E-state index in [-0.39, 0.29) is 30.4 Å². The molecule has 0 saturated heterocycles. The lowest BCUT2D eigenvalue weighted by molar-refractivity contribution is -0.142. The number of hydrogen-bond acceptors (Lipinski definition) is 9. The van der Waals surface area contributed by atoms with E-state index in [1.54, 1.807) is 29.4 Å². The number of unbranched alkanes of at least 4 members (excludes halogenated alkanes) is 1. The normalized spacial score (nSPS) is 13.8. The van der Waals surface area contributed by atoms with Gasteiger partial charge < -0.3 is 36.7 Å². The smallest absolute Gasteiger partial charge is 0.326 e. The van der Waals surface area contributed by atoms with Crippen molar-refractivity contribution in [3.63, 3.8) is 0 Å². The van der Waals surface area contributed by atoms with Crippen molar-refractivity contribution in [2.24, 2.45) is 11.5 Å². The SMILES string of the molecule is CC(C)(Cc1ccc(-c2ccco2)s1)SCCC(NC(=O)CCC(N)C(=O)O)C(=O)NC(CCCCN)C(=O)O. The molecule has 11 nitrogen and oxygen atoms in total. The number of carboxylic acids is 2. The molecule has 0 spiro atoms. The number of carboxylic acid groups (broad SMARTS) is 2. The van der Waals surface area contributed by atoms with Gasteiger partial charge in [-0.1, -0.05) is 13.8 Å². The van der Waals surface area contributed by atoms with Crippen molar-refractivity contribution in [2.75, 3.05) is 12.3 Å². The summed E-state index contributed by atoms with van der Waals surface area (Å²) in [4.78, 5) is 50.5. The molecule has 0 aliphatic rings. The minimum absolute atomic E-state index is 0.0884. The van der Waals surface area contributed by atoms with Gasteiger partial charge in [0.2, 0.25) is 11.8 Å². The number of carbonyl (C=O) groups excluding carboxylic acids is 2. The lowest BCUT2D eigenvalue weighted by Crippen LogP contribution is -2.52. The number of aliphatic carboxylic acids is 2. The third-order valence-electron chi connectivity index (χ3n) is 6.14. The molecule has 0 bridgehead atoms. The zero-order valence-electron chi connectivity index (χ0n) is 22.9. The maximum Gasteiger partial charge on any atom is 0.326 e. The van der Waals surface area contributed by atoms with E-state index in [0.717, 1.165) is 17.1 Å². The monoisotopic (exact) mass is 596 g/mol. The predicted molar refractivity (Wildman–Crippen MR) is 156 cm³/mol. The molecule has 0 saturated carbocycles. The van der Waals surface area contributed by atoms with Gasteiger partial charge in [0.1, 0.15) is 23.9 Å². The minimum atomic E-state index is -1.22. The maximum atomic E-state index is 13.1. The summed E-state index contributed by atoms with van der Waals surface area (Å²) in [7, 11) is 0. The maximum absolute atomic E-state index is 13.1. The molecule has 3 unspecified atom stereocenters. The lowest BCUT2D eigenvalue weighted by Gasteiger charge is -2.26. The second-order valence-electron chi connectivity index (χ2n) is 10.1. The second-order valence-corrected chi connectivity index (χ2v) is 13.1. The van der Waals surface area contributed by atoms with Crippen LogP contribution in [0.25, 0.3) is 10.6 Å². The summed E-state index contributed by atoms with van der Waals surface area (Å²) < 4.78 is 5.29. The third-order valence-corrected chi connectivity index (χ3v) is 8.60. The van der Waals surface area contributed by atoms with Crippen LogP contribution in [0.5, 0.6) is 0 Å². The van der Waals surface area contributed by atoms with Crippen LogP contribution in [0.2, 0.25) is 0 Å². The first-order valence-corrected chi connectivity index (χ1v) is 15.0. The minimum Gasteiger partial charge on any atom is -0.480 e. The summed E-state index contributed by atoms with van der Waals surface area (Å²) in [6, 6.07) is 4.57. The van der Waals surface area contributed by atoms with Crippen LogP contribution in [0, 0.1) is 0 Å². The van der Waals surface area contributed by atoms with Gasteiger partial charge in [-0.15, -0.1) is 11.3 Å². The van der Waals surface area contributed by atoms with E-state index < -0.39 is 41.9 Å². The Bertz CT molecular complexity index is 1100. The number of rotatable bonds is 19. The van der Waals surface area contributed by atoms with Crippen LogP contribution in [0.4, 0.5) is 0 Å². The summed E-state index contributed by atoms with van der Waals surface area (Å²) in [5, 5.41) is 23.7. The molecule has 0 aromatic carbocycles. The zero-order chi connectivity index (χ0) is 29.7. The van der Waals surface area contributed by atoms with Crippen LogP contribution in [0.1, 0.15) is 57.2 Å². The van der Waals surface area contributed by atoms with Gasteiger partial charge in [-0.2, -0.15) is 11.8 Å². The topological polar surface area (TPSA) is 198 Å². The first kappa shape index (κ1) is 33.3. The summed E-state index contributed by atoms with van der Waals surface area (Å²) in [5.74, 6) is -2.18. The molecule has 13 heteroatoms. The van der Waals surface area contributed by atoms with Crippen LogP contribution < -0.4 is 22.1 Å². The first-order chi connectivity index (χ1) is 18.9. The number of carbonyl (C=O) groups is 4. The van der Waals surface area contributed by atoms with E-state index in [9.17, 15) is 24.3 Å². The standard InChI is InChI=1S/C27H40N4O7S2/c1-27(2,16-17-8-10-22(40-17)21-7-5-14-38-21)39-15-12-19(30-23(32)11-9-18(29)25(34)35)24(33)31-20(26(36)37)6-3-4-13-28/h5,7-8,10,14,18-20H,3-4,6,9,11-13,15-16,28-29H2,1-2H3,(H,30,32)(H,31,33)(H,34,35)(H,36,37). The number of amides is 2. The number of nitrogens with two attached hydrogens (primary N) is 2. The van der Waals surface area contributed by atoms with E-state index >= 15 is 0 Å². The van der Waals surface area contributed by atoms with E-state index in [4.69, 9.17) is 21.0 Å². The van der Waals surface area contributed by atoms with Crippen molar-refractivity contribution in [3.05, 3.63) is 35.4 Å². The van der Waals surface area contributed by atoms with E-state index in [1.807, 2.05) is 18.2 Å². The van der Waals surface area contributed by atoms with Crippen LogP contribution >= 0.6 is 23.1 Å². The van der Waals surface area contributed by atoms with Gasteiger partial charge in [-0.25, -0.2) is 4.79 Å². The third kappa shape index (κ3) is 11.7. The average Bonchev–Trinajstić information content (AvgIpc) is 3.58. The Labute approximate surface area is 242 Å². The van der Waals surface area contributed by atoms with Crippen molar-refractivity contribution in [1.29, 1.82) is 0 Å². The van der Waals surface area contributed by atoms with Crippen molar-refractivity contribution in [2.45, 2.75) is 81.7 Å². The highest BCUT2D eigenvalue weighted by molar-refractivity contribution is 8.00. The Morgan fingerprint density at radius 3 is 2.40 bits per heavy atom. The van der Waals surface area contributed by atoms with Crippen molar-refractivity contribution in [1.82, 2.24) is 10.6 Å². The Morgan fingerprint density at radius 2 is 1.77 bits per heavy atom. The van der Waals surface area contributed by atoms with Gasteiger partial charge in [-0.05, 0) is 75.1 Å². The molecule has 2 heterocycles. The van der Waals surface area contributed by atoms with Crippen molar-refractivity contribution in [3.8, 4) is 10.6 Å². The zero-order valence-corrected chi connectivity index (χ0v) is 24.5. The van der Waals surface area contributed by atoms with Crippen LogP contribution in [0.3, 0.4) is 0 Å². The molecule has 3 atom stereocenters. The quantitative estimate of drug-likeness (QED) is 0.131. The highest BCUT2D eigenvalue weighted by Gasteiger charge is 2.28.